The molecular weight excluding hydrogens is 314 g/mol. The molecule has 0 bridgehead atoms. The fourth-order valence-corrected chi connectivity index (χ4v) is 2.68. The van der Waals surface area contributed by atoms with Crippen molar-refractivity contribution in [2.24, 2.45) is 0 Å². The molecule has 0 aliphatic carbocycles. The van der Waals surface area contributed by atoms with Crippen LogP contribution in [-0.4, -0.2) is 24.0 Å². The van der Waals surface area contributed by atoms with Crippen molar-refractivity contribution in [3.8, 4) is 17.2 Å². The third-order valence-electron chi connectivity index (χ3n) is 4.16. The quantitative estimate of drug-likeness (QED) is 0.713. The predicted molar refractivity (Wildman–Crippen MR) is 98.4 cm³/mol. The first kappa shape index (κ1) is 17.0. The molecule has 130 valence electrons. The number of hydrogen-bond donors (Lipinski definition) is 1. The lowest BCUT2D eigenvalue weighted by Gasteiger charge is -2.16. The van der Waals surface area contributed by atoms with E-state index in [-0.39, 0.29) is 6.04 Å². The van der Waals surface area contributed by atoms with Crippen molar-refractivity contribution in [1.82, 2.24) is 15.1 Å². The zero-order chi connectivity index (χ0) is 17.6. The highest BCUT2D eigenvalue weighted by Gasteiger charge is 2.10. The van der Waals surface area contributed by atoms with Crippen LogP contribution in [-0.2, 0) is 6.54 Å². The lowest BCUT2D eigenvalue weighted by Crippen LogP contribution is -2.18. The van der Waals surface area contributed by atoms with E-state index in [4.69, 9.17) is 9.47 Å². The molecule has 0 radical (unpaired) electrons. The summed E-state index contributed by atoms with van der Waals surface area (Å²) in [5.74, 6) is 1.47. The van der Waals surface area contributed by atoms with Crippen molar-refractivity contribution in [2.45, 2.75) is 19.5 Å². The molecule has 5 heteroatoms. The minimum absolute atomic E-state index is 0.168. The highest BCUT2D eigenvalue weighted by Crippen LogP contribution is 2.29. The molecule has 1 atom stereocenters. The summed E-state index contributed by atoms with van der Waals surface area (Å²) in [6.45, 7) is 2.81. The molecule has 1 N–H and O–H groups in total. The van der Waals surface area contributed by atoms with E-state index in [1.807, 2.05) is 65.5 Å². The molecule has 0 saturated heterocycles. The van der Waals surface area contributed by atoms with Crippen LogP contribution in [0.25, 0.3) is 5.69 Å². The second-order valence-corrected chi connectivity index (χ2v) is 5.80. The highest BCUT2D eigenvalue weighted by atomic mass is 16.5. The lowest BCUT2D eigenvalue weighted by molar-refractivity contribution is 0.354. The molecule has 3 rings (SSSR count). The second-order valence-electron chi connectivity index (χ2n) is 5.80. The van der Waals surface area contributed by atoms with Crippen molar-refractivity contribution in [3.05, 3.63) is 72.1 Å². The van der Waals surface area contributed by atoms with E-state index in [0.29, 0.717) is 6.54 Å². The molecule has 0 spiro atoms. The van der Waals surface area contributed by atoms with Crippen molar-refractivity contribution < 1.29 is 9.47 Å². The van der Waals surface area contributed by atoms with Crippen LogP contribution in [0.5, 0.6) is 11.5 Å². The van der Waals surface area contributed by atoms with Crippen molar-refractivity contribution in [2.75, 3.05) is 14.2 Å². The fourth-order valence-electron chi connectivity index (χ4n) is 2.68. The van der Waals surface area contributed by atoms with E-state index in [1.165, 1.54) is 0 Å². The van der Waals surface area contributed by atoms with Gasteiger partial charge in [0, 0.05) is 18.8 Å². The van der Waals surface area contributed by atoms with Gasteiger partial charge in [-0.05, 0) is 42.8 Å². The molecule has 25 heavy (non-hydrogen) atoms. The Labute approximate surface area is 148 Å². The smallest absolute Gasteiger partial charge is 0.161 e. The molecule has 1 unspecified atom stereocenters. The van der Waals surface area contributed by atoms with Crippen LogP contribution in [0.1, 0.15) is 24.2 Å². The van der Waals surface area contributed by atoms with E-state index in [0.717, 1.165) is 28.4 Å². The minimum Gasteiger partial charge on any atom is -0.493 e. The Morgan fingerprint density at radius 3 is 2.48 bits per heavy atom. The van der Waals surface area contributed by atoms with Gasteiger partial charge in [-0.1, -0.05) is 24.3 Å². The fraction of sp³-hybridized carbons (Fsp3) is 0.250. The summed E-state index contributed by atoms with van der Waals surface area (Å²) in [7, 11) is 3.29. The lowest BCUT2D eigenvalue weighted by atomic mass is 10.1. The van der Waals surface area contributed by atoms with Crippen molar-refractivity contribution in [3.63, 3.8) is 0 Å². The summed E-state index contributed by atoms with van der Waals surface area (Å²) in [6.07, 6.45) is 1.98. The van der Waals surface area contributed by atoms with Crippen LogP contribution in [0.2, 0.25) is 0 Å². The first-order valence-electron chi connectivity index (χ1n) is 8.26. The molecule has 1 heterocycles. The van der Waals surface area contributed by atoms with Crippen LogP contribution in [0.4, 0.5) is 0 Å². The molecule has 3 aromatic rings. The Bertz CT molecular complexity index is 815. The SMILES string of the molecule is COc1ccc(C(C)NCc2ccn(-c3ccccc3)n2)cc1OC. The number of rotatable bonds is 7. The number of ether oxygens (including phenoxy) is 2. The summed E-state index contributed by atoms with van der Waals surface area (Å²) >= 11 is 0. The highest BCUT2D eigenvalue weighted by molar-refractivity contribution is 5.43. The van der Waals surface area contributed by atoms with Gasteiger partial charge in [-0.2, -0.15) is 5.10 Å². The van der Waals surface area contributed by atoms with Gasteiger partial charge >= 0.3 is 0 Å². The molecule has 0 aliphatic heterocycles. The van der Waals surface area contributed by atoms with Crippen LogP contribution < -0.4 is 14.8 Å². The monoisotopic (exact) mass is 337 g/mol. The van der Waals surface area contributed by atoms with Gasteiger partial charge in [-0.3, -0.25) is 0 Å². The first-order chi connectivity index (χ1) is 12.2. The van der Waals surface area contributed by atoms with Crippen LogP contribution in [0, 0.1) is 0 Å². The molecule has 5 nitrogen and oxygen atoms in total. The maximum atomic E-state index is 5.37. The average molecular weight is 337 g/mol. The minimum atomic E-state index is 0.168. The van der Waals surface area contributed by atoms with Gasteiger partial charge in [0.1, 0.15) is 0 Å². The number of hydrogen-bond acceptors (Lipinski definition) is 4. The number of para-hydroxylation sites is 1. The Morgan fingerprint density at radius 1 is 1.00 bits per heavy atom. The summed E-state index contributed by atoms with van der Waals surface area (Å²) < 4.78 is 12.5. The van der Waals surface area contributed by atoms with Crippen LogP contribution in [0.15, 0.2) is 60.8 Å². The third kappa shape index (κ3) is 4.00. The Balaban J connectivity index is 1.65. The molecule has 1 aromatic heterocycles. The number of benzene rings is 2. The van der Waals surface area contributed by atoms with E-state index < -0.39 is 0 Å². The van der Waals surface area contributed by atoms with Gasteiger partial charge in [0.15, 0.2) is 11.5 Å². The van der Waals surface area contributed by atoms with Gasteiger partial charge in [0.2, 0.25) is 0 Å². The number of aromatic nitrogens is 2. The van der Waals surface area contributed by atoms with E-state index in [2.05, 4.69) is 17.3 Å². The maximum Gasteiger partial charge on any atom is 0.161 e. The average Bonchev–Trinajstić information content (AvgIpc) is 3.15. The first-order valence-corrected chi connectivity index (χ1v) is 8.26. The Hall–Kier alpha value is -2.79. The molecule has 0 saturated carbocycles. The summed E-state index contributed by atoms with van der Waals surface area (Å²) in [5, 5.41) is 8.11. The second kappa shape index (κ2) is 7.85. The van der Waals surface area contributed by atoms with Crippen LogP contribution in [0.3, 0.4) is 0 Å². The molecule has 0 fully saturated rings. The van der Waals surface area contributed by atoms with Gasteiger partial charge in [-0.25, -0.2) is 4.68 Å². The number of methoxy groups -OCH3 is 2. The number of nitrogens with one attached hydrogen (secondary N) is 1. The van der Waals surface area contributed by atoms with E-state index in [9.17, 15) is 0 Å². The zero-order valence-corrected chi connectivity index (χ0v) is 14.8. The topological polar surface area (TPSA) is 48.3 Å². The molecule has 0 amide bonds. The largest absolute Gasteiger partial charge is 0.493 e. The predicted octanol–water partition coefficient (Wildman–Crippen LogP) is 3.74. The van der Waals surface area contributed by atoms with Gasteiger partial charge < -0.3 is 14.8 Å². The Morgan fingerprint density at radius 2 is 1.76 bits per heavy atom. The normalized spacial score (nSPS) is 12.0. The number of nitrogens with zero attached hydrogens (tertiary/aromatic N) is 2. The van der Waals surface area contributed by atoms with Crippen LogP contribution >= 0.6 is 0 Å². The van der Waals surface area contributed by atoms with Crippen molar-refractivity contribution >= 4 is 0 Å². The summed E-state index contributed by atoms with van der Waals surface area (Å²) in [4.78, 5) is 0. The molecule has 2 aromatic carbocycles. The van der Waals surface area contributed by atoms with Gasteiger partial charge in [0.05, 0.1) is 25.6 Å². The van der Waals surface area contributed by atoms with Gasteiger partial charge in [-0.15, -0.1) is 0 Å². The third-order valence-corrected chi connectivity index (χ3v) is 4.16. The molecule has 0 aliphatic rings. The van der Waals surface area contributed by atoms with Gasteiger partial charge in [0.25, 0.3) is 0 Å². The van der Waals surface area contributed by atoms with Crippen molar-refractivity contribution in [1.29, 1.82) is 0 Å². The zero-order valence-electron chi connectivity index (χ0n) is 14.8. The maximum absolute atomic E-state index is 5.37. The summed E-state index contributed by atoms with van der Waals surface area (Å²) in [6, 6.07) is 18.3. The summed E-state index contributed by atoms with van der Waals surface area (Å²) in [5.41, 5.74) is 3.19. The molecular formula is C20H23N3O2. The standard InChI is InChI=1S/C20H23N3O2/c1-15(16-9-10-19(24-2)20(13-16)25-3)21-14-17-11-12-23(22-17)18-7-5-4-6-8-18/h4-13,15,21H,14H2,1-3H3. The Kier molecular flexibility index (Phi) is 5.36. The van der Waals surface area contributed by atoms with E-state index >= 15 is 0 Å². The van der Waals surface area contributed by atoms with E-state index in [1.54, 1.807) is 14.2 Å².